The number of thiophene rings is 2. The first-order valence-electron chi connectivity index (χ1n) is 5.73. The van der Waals surface area contributed by atoms with Crippen LogP contribution >= 0.6 is 54.5 Å². The summed E-state index contributed by atoms with van der Waals surface area (Å²) < 4.78 is 25.6. The Morgan fingerprint density at radius 1 is 1.15 bits per heavy atom. The molecule has 3 rings (SSSR count). The zero-order valence-electron chi connectivity index (χ0n) is 9.98. The van der Waals surface area contributed by atoms with E-state index < -0.39 is 9.84 Å². The highest BCUT2D eigenvalue weighted by Crippen LogP contribution is 2.52. The molecule has 1 aliphatic rings. The lowest BCUT2D eigenvalue weighted by molar-refractivity contribution is 0.0986. The van der Waals surface area contributed by atoms with Crippen molar-refractivity contribution in [3.05, 3.63) is 20.8 Å². The van der Waals surface area contributed by atoms with Gasteiger partial charge in [0.05, 0.1) is 28.2 Å². The Labute approximate surface area is 141 Å². The molecule has 0 spiro atoms. The molecule has 1 aliphatic heterocycles. The fourth-order valence-corrected chi connectivity index (χ4v) is 7.81. The van der Waals surface area contributed by atoms with Gasteiger partial charge in [0, 0.05) is 11.8 Å². The average Bonchev–Trinajstić information content (AvgIpc) is 3.02. The number of rotatable bonds is 4. The molecule has 8 heteroatoms. The van der Waals surface area contributed by atoms with Crippen LogP contribution in [-0.2, 0) is 9.84 Å². The van der Waals surface area contributed by atoms with Crippen LogP contribution in [0.1, 0.15) is 22.5 Å². The van der Waals surface area contributed by atoms with Gasteiger partial charge in [-0.25, -0.2) is 8.42 Å². The minimum Gasteiger partial charge on any atom is -0.293 e. The van der Waals surface area contributed by atoms with Crippen molar-refractivity contribution in [2.24, 2.45) is 0 Å². The highest BCUT2D eigenvalue weighted by Gasteiger charge is 2.37. The molecule has 0 unspecified atom stereocenters. The van der Waals surface area contributed by atoms with Gasteiger partial charge in [0.1, 0.15) is 0 Å². The van der Waals surface area contributed by atoms with Gasteiger partial charge in [0.25, 0.3) is 0 Å². The third kappa shape index (κ3) is 2.25. The molecule has 20 heavy (non-hydrogen) atoms. The molecule has 106 valence electrons. The smallest absolute Gasteiger partial charge is 0.209 e. The summed E-state index contributed by atoms with van der Waals surface area (Å²) in [5.41, 5.74) is 0. The molecule has 2 aromatic heterocycles. The fourth-order valence-electron chi connectivity index (χ4n) is 2.04. The van der Waals surface area contributed by atoms with Gasteiger partial charge in [0.15, 0.2) is 5.78 Å². The third-order valence-electron chi connectivity index (χ3n) is 2.96. The van der Waals surface area contributed by atoms with Gasteiger partial charge >= 0.3 is 0 Å². The molecule has 3 heterocycles. The Kier molecular flexibility index (Phi) is 3.96. The second kappa shape index (κ2) is 5.31. The molecular formula is C12H8Br2O3S3. The fraction of sp³-hybridized carbons (Fsp3) is 0.250. The number of ketones is 1. The van der Waals surface area contributed by atoms with Crippen LogP contribution in [0.25, 0.3) is 9.75 Å². The van der Waals surface area contributed by atoms with Crippen molar-refractivity contribution in [3.63, 3.8) is 0 Å². The van der Waals surface area contributed by atoms with Crippen LogP contribution in [0, 0.1) is 0 Å². The van der Waals surface area contributed by atoms with Gasteiger partial charge in [-0.3, -0.25) is 4.79 Å². The summed E-state index contributed by atoms with van der Waals surface area (Å²) in [6.45, 7) is 0. The second-order valence-electron chi connectivity index (χ2n) is 4.27. The maximum atomic E-state index is 12.4. The highest BCUT2D eigenvalue weighted by molar-refractivity contribution is 9.11. The predicted octanol–water partition coefficient (Wildman–Crippen LogP) is 4.74. The predicted molar refractivity (Wildman–Crippen MR) is 88.1 cm³/mol. The average molecular weight is 456 g/mol. The Balaban J connectivity index is 2.08. The van der Waals surface area contributed by atoms with Crippen LogP contribution in [0.15, 0.2) is 25.7 Å². The molecule has 0 amide bonds. The van der Waals surface area contributed by atoms with E-state index in [0.29, 0.717) is 26.0 Å². The van der Waals surface area contributed by atoms with E-state index in [9.17, 15) is 13.2 Å². The van der Waals surface area contributed by atoms with E-state index in [0.717, 1.165) is 20.4 Å². The van der Waals surface area contributed by atoms with Crippen LogP contribution < -0.4 is 0 Å². The summed E-state index contributed by atoms with van der Waals surface area (Å²) in [7, 11) is -3.45. The summed E-state index contributed by atoms with van der Waals surface area (Å²) in [5, 5.41) is 0.768. The topological polar surface area (TPSA) is 51.2 Å². The largest absolute Gasteiger partial charge is 0.293 e. The van der Waals surface area contributed by atoms with Crippen molar-refractivity contribution in [1.29, 1.82) is 0 Å². The van der Waals surface area contributed by atoms with Gasteiger partial charge in [-0.2, -0.15) is 0 Å². The van der Waals surface area contributed by atoms with Gasteiger partial charge in [-0.1, -0.05) is 15.9 Å². The zero-order valence-corrected chi connectivity index (χ0v) is 15.6. The van der Waals surface area contributed by atoms with Gasteiger partial charge in [-0.15, -0.1) is 22.7 Å². The van der Waals surface area contributed by atoms with Crippen LogP contribution in [0.3, 0.4) is 0 Å². The maximum Gasteiger partial charge on any atom is 0.209 e. The Morgan fingerprint density at radius 3 is 2.50 bits per heavy atom. The molecule has 0 bridgehead atoms. The number of carbonyl (C=O) groups excluding carboxylic acids is 1. The monoisotopic (exact) mass is 454 g/mol. The van der Waals surface area contributed by atoms with E-state index in [1.807, 2.05) is 0 Å². The minimum absolute atomic E-state index is 0.0104. The van der Waals surface area contributed by atoms with E-state index in [2.05, 4.69) is 31.9 Å². The molecule has 0 fully saturated rings. The van der Waals surface area contributed by atoms with Gasteiger partial charge in [0.2, 0.25) is 9.84 Å². The van der Waals surface area contributed by atoms with E-state index >= 15 is 0 Å². The number of hydrogen-bond donors (Lipinski definition) is 0. The van der Waals surface area contributed by atoms with Crippen molar-refractivity contribution >= 4 is 70.2 Å². The molecule has 0 aliphatic carbocycles. The van der Waals surface area contributed by atoms with Crippen LogP contribution in [-0.4, -0.2) is 19.5 Å². The van der Waals surface area contributed by atoms with Crippen molar-refractivity contribution in [1.82, 2.24) is 0 Å². The zero-order chi connectivity index (χ0) is 14.5. The molecular weight excluding hydrogens is 448 g/mol. The SMILES string of the molecule is O=C(CCCBr)c1cc2c(s1)-c1sc(Br)cc1S2(=O)=O. The molecule has 2 aromatic rings. The molecule has 0 aromatic carbocycles. The molecule has 3 nitrogen and oxygen atoms in total. The van der Waals surface area contributed by atoms with E-state index in [-0.39, 0.29) is 5.78 Å². The highest BCUT2D eigenvalue weighted by atomic mass is 79.9. The molecule has 0 saturated heterocycles. The van der Waals surface area contributed by atoms with Gasteiger partial charge < -0.3 is 0 Å². The minimum atomic E-state index is -3.45. The number of halogens is 2. The number of hydrogen-bond acceptors (Lipinski definition) is 5. The van der Waals surface area contributed by atoms with Crippen molar-refractivity contribution in [2.45, 2.75) is 22.6 Å². The first-order chi connectivity index (χ1) is 9.45. The lowest BCUT2D eigenvalue weighted by Crippen LogP contribution is -1.98. The summed E-state index contributed by atoms with van der Waals surface area (Å²) >= 11 is 9.28. The Bertz CT molecular complexity index is 802. The molecule has 0 saturated carbocycles. The quantitative estimate of drug-likeness (QED) is 0.421. The van der Waals surface area contributed by atoms with E-state index in [1.165, 1.54) is 28.7 Å². The van der Waals surface area contributed by atoms with Crippen LogP contribution in [0.5, 0.6) is 0 Å². The third-order valence-corrected chi connectivity index (χ3v) is 8.56. The second-order valence-corrected chi connectivity index (χ2v) is 10.4. The van der Waals surface area contributed by atoms with Crippen molar-refractivity contribution in [2.75, 3.05) is 5.33 Å². The Morgan fingerprint density at radius 2 is 1.80 bits per heavy atom. The van der Waals surface area contributed by atoms with Crippen molar-refractivity contribution < 1.29 is 13.2 Å². The van der Waals surface area contributed by atoms with E-state index in [4.69, 9.17) is 0 Å². The summed E-state index contributed by atoms with van der Waals surface area (Å²) in [5.74, 6) is 0.0104. The summed E-state index contributed by atoms with van der Waals surface area (Å²) in [4.78, 5) is 14.7. The standard InChI is InChI=1S/C12H8Br2O3S3/c13-3-1-2-6(15)7-4-8-11(18-7)12-9(20(8,16)17)5-10(14)19-12/h4-5H,1-3H2. The van der Waals surface area contributed by atoms with E-state index in [1.54, 1.807) is 6.07 Å². The van der Waals surface area contributed by atoms with Crippen molar-refractivity contribution in [3.8, 4) is 9.75 Å². The number of sulfone groups is 1. The van der Waals surface area contributed by atoms with Crippen LogP contribution in [0.4, 0.5) is 0 Å². The number of Topliss-reactive ketones (excluding diaryl/α,β-unsaturated/α-hetero) is 1. The lowest BCUT2D eigenvalue weighted by atomic mass is 10.2. The number of alkyl halides is 1. The van der Waals surface area contributed by atoms with Gasteiger partial charge in [-0.05, 0) is 34.5 Å². The molecule has 0 N–H and O–H groups in total. The molecule has 0 atom stereocenters. The Hall–Kier alpha value is -0.0200. The number of fused-ring (bicyclic) bond motifs is 3. The summed E-state index contributed by atoms with van der Waals surface area (Å²) in [6.07, 6.45) is 1.19. The first-order valence-corrected chi connectivity index (χ1v) is 10.8. The number of carbonyl (C=O) groups is 1. The lowest BCUT2D eigenvalue weighted by Gasteiger charge is -1.96. The first kappa shape index (κ1) is 14.9. The van der Waals surface area contributed by atoms with Crippen LogP contribution in [0.2, 0.25) is 0 Å². The maximum absolute atomic E-state index is 12.4. The molecule has 0 radical (unpaired) electrons. The summed E-state index contributed by atoms with van der Waals surface area (Å²) in [6, 6.07) is 3.17. The normalized spacial score (nSPS) is 15.1.